The molecule has 1 aromatic rings. The van der Waals surface area contributed by atoms with Gasteiger partial charge in [0.1, 0.15) is 0 Å². The molecule has 0 aromatic heterocycles. The number of alkyl halides is 3. The lowest BCUT2D eigenvalue weighted by Gasteiger charge is -2.35. The van der Waals surface area contributed by atoms with Gasteiger partial charge in [-0.1, -0.05) is 19.9 Å². The zero-order chi connectivity index (χ0) is 21.3. The Kier molecular flexibility index (Phi) is 6.73. The Balaban J connectivity index is 1.71. The molecular weight excluding hydrogens is 399 g/mol. The summed E-state index contributed by atoms with van der Waals surface area (Å²) < 4.78 is 38.1. The Labute approximate surface area is 175 Å². The molecule has 29 heavy (non-hydrogen) atoms. The summed E-state index contributed by atoms with van der Waals surface area (Å²) in [5.41, 5.74) is 2.24. The number of carbonyl (C=O) groups excluding carboxylic acids is 1. The van der Waals surface area contributed by atoms with Gasteiger partial charge in [-0.05, 0) is 74.0 Å². The molecule has 0 bridgehead atoms. The lowest BCUT2D eigenvalue weighted by molar-refractivity contribution is -0.124. The van der Waals surface area contributed by atoms with Crippen LogP contribution in [0.3, 0.4) is 0 Å². The largest absolute Gasteiger partial charge is 0.446 e. The summed E-state index contributed by atoms with van der Waals surface area (Å²) in [6.07, 6.45) is 2.84. The third-order valence-corrected chi connectivity index (χ3v) is 6.99. The Morgan fingerprint density at radius 3 is 2.66 bits per heavy atom. The summed E-state index contributed by atoms with van der Waals surface area (Å²) in [6.45, 7) is 5.82. The van der Waals surface area contributed by atoms with Crippen LogP contribution in [0.4, 0.5) is 18.9 Å². The molecule has 1 aliphatic heterocycles. The van der Waals surface area contributed by atoms with Crippen LogP contribution in [0, 0.1) is 17.8 Å². The first kappa shape index (κ1) is 22.3. The average molecular weight is 430 g/mol. The Morgan fingerprint density at radius 2 is 2.03 bits per heavy atom. The highest BCUT2D eigenvalue weighted by Gasteiger charge is 2.46. The van der Waals surface area contributed by atoms with E-state index in [2.05, 4.69) is 23.6 Å². The summed E-state index contributed by atoms with van der Waals surface area (Å²) in [5, 5.41) is 0. The summed E-state index contributed by atoms with van der Waals surface area (Å²) in [7, 11) is 1.99. The standard InChI is InChI=1S/C21H30F3N3OS/c1-13(2)9-19(20(25)28)26(3)18-8-7-14-11-27(12-17(14)18)15-5-4-6-16(10-15)29-21(22,23)24/h4-6,10,13-14,17-19H,7-9,11-12H2,1-3H3,(H2,25,28)/t14-,17+,18+,19+/m1/s1. The van der Waals surface area contributed by atoms with Gasteiger partial charge in [0.2, 0.25) is 5.91 Å². The highest BCUT2D eigenvalue weighted by Crippen LogP contribution is 2.44. The van der Waals surface area contributed by atoms with Crippen LogP contribution in [0.25, 0.3) is 0 Å². The first-order chi connectivity index (χ1) is 13.5. The topological polar surface area (TPSA) is 49.6 Å². The fourth-order valence-electron chi connectivity index (χ4n) is 4.99. The van der Waals surface area contributed by atoms with Gasteiger partial charge in [0.05, 0.1) is 6.04 Å². The molecule has 1 heterocycles. The van der Waals surface area contributed by atoms with Gasteiger partial charge in [-0.2, -0.15) is 13.2 Å². The molecule has 1 amide bonds. The Bertz CT molecular complexity index is 727. The number of rotatable bonds is 7. The molecule has 8 heteroatoms. The number of fused-ring (bicyclic) bond motifs is 1. The fraction of sp³-hybridized carbons (Fsp3) is 0.667. The van der Waals surface area contributed by atoms with Gasteiger partial charge in [0.25, 0.3) is 0 Å². The number of primary amides is 1. The SMILES string of the molecule is CC(C)C[C@@H](C(N)=O)N(C)[C@H]1CC[C@@H]2CN(c3cccc(SC(F)(F)F)c3)C[C@@H]21. The number of benzene rings is 1. The van der Waals surface area contributed by atoms with Gasteiger partial charge in [-0.15, -0.1) is 0 Å². The first-order valence-electron chi connectivity index (χ1n) is 10.2. The number of likely N-dealkylation sites (N-methyl/N-ethyl adjacent to an activating group) is 1. The number of hydrogen-bond acceptors (Lipinski definition) is 4. The molecule has 2 fully saturated rings. The molecule has 1 saturated carbocycles. The van der Waals surface area contributed by atoms with E-state index in [-0.39, 0.29) is 34.6 Å². The van der Waals surface area contributed by atoms with E-state index in [4.69, 9.17) is 5.73 Å². The highest BCUT2D eigenvalue weighted by atomic mass is 32.2. The summed E-state index contributed by atoms with van der Waals surface area (Å²) >= 11 is -0.0730. The van der Waals surface area contributed by atoms with Crippen LogP contribution in [0.15, 0.2) is 29.2 Å². The van der Waals surface area contributed by atoms with E-state index < -0.39 is 5.51 Å². The van der Waals surface area contributed by atoms with E-state index in [0.717, 1.165) is 38.0 Å². The van der Waals surface area contributed by atoms with Crippen LogP contribution in [0.5, 0.6) is 0 Å². The molecule has 0 unspecified atom stereocenters. The number of halogens is 3. The van der Waals surface area contributed by atoms with E-state index >= 15 is 0 Å². The minimum atomic E-state index is -4.28. The number of thioether (sulfide) groups is 1. The molecule has 1 aliphatic carbocycles. The van der Waals surface area contributed by atoms with Crippen LogP contribution in [0.1, 0.15) is 33.1 Å². The quantitative estimate of drug-likeness (QED) is 0.655. The normalized spacial score (nSPS) is 25.7. The summed E-state index contributed by atoms with van der Waals surface area (Å²) in [4.78, 5) is 16.6. The van der Waals surface area contributed by atoms with Crippen molar-refractivity contribution >= 4 is 23.4 Å². The molecule has 2 N–H and O–H groups in total. The van der Waals surface area contributed by atoms with Gasteiger partial charge < -0.3 is 10.6 Å². The molecule has 1 saturated heterocycles. The summed E-state index contributed by atoms with van der Waals surface area (Å²) in [6, 6.07) is 6.69. The van der Waals surface area contributed by atoms with Crippen molar-refractivity contribution in [1.29, 1.82) is 0 Å². The van der Waals surface area contributed by atoms with Gasteiger partial charge in [-0.3, -0.25) is 9.69 Å². The van der Waals surface area contributed by atoms with Crippen molar-refractivity contribution in [1.82, 2.24) is 4.90 Å². The molecule has 0 radical (unpaired) electrons. The van der Waals surface area contributed by atoms with Gasteiger partial charge in [-0.25, -0.2) is 0 Å². The highest BCUT2D eigenvalue weighted by molar-refractivity contribution is 8.00. The monoisotopic (exact) mass is 429 g/mol. The lowest BCUT2D eigenvalue weighted by Crippen LogP contribution is -2.50. The van der Waals surface area contributed by atoms with Crippen LogP contribution in [-0.2, 0) is 4.79 Å². The van der Waals surface area contributed by atoms with Crippen molar-refractivity contribution in [3.05, 3.63) is 24.3 Å². The number of nitrogens with two attached hydrogens (primary N) is 1. The van der Waals surface area contributed by atoms with Crippen molar-refractivity contribution in [2.45, 2.75) is 55.6 Å². The van der Waals surface area contributed by atoms with Gasteiger partial charge in [0.15, 0.2) is 0 Å². The maximum Gasteiger partial charge on any atom is 0.446 e. The zero-order valence-corrected chi connectivity index (χ0v) is 18.0. The van der Waals surface area contributed by atoms with E-state index in [9.17, 15) is 18.0 Å². The molecular formula is C21H30F3N3OS. The number of carbonyl (C=O) groups is 1. The third-order valence-electron chi connectivity index (χ3n) is 6.27. The minimum Gasteiger partial charge on any atom is -0.371 e. The van der Waals surface area contributed by atoms with Crippen molar-refractivity contribution in [3.63, 3.8) is 0 Å². The average Bonchev–Trinajstić information content (AvgIpc) is 3.18. The number of amides is 1. The number of nitrogens with zero attached hydrogens (tertiary/aromatic N) is 2. The molecule has 3 rings (SSSR count). The molecule has 1 aromatic carbocycles. The van der Waals surface area contributed by atoms with E-state index in [1.165, 1.54) is 6.07 Å². The Hall–Kier alpha value is -1.41. The fourth-order valence-corrected chi connectivity index (χ4v) is 5.58. The van der Waals surface area contributed by atoms with Crippen molar-refractivity contribution in [2.24, 2.45) is 23.5 Å². The molecule has 2 aliphatic rings. The minimum absolute atomic E-state index is 0.0730. The lowest BCUT2D eigenvalue weighted by atomic mass is 9.94. The predicted octanol–water partition coefficient (Wildman–Crippen LogP) is 4.35. The predicted molar refractivity (Wildman–Crippen MR) is 111 cm³/mol. The summed E-state index contributed by atoms with van der Waals surface area (Å²) in [5.74, 6) is 0.986. The van der Waals surface area contributed by atoms with Crippen LogP contribution < -0.4 is 10.6 Å². The van der Waals surface area contributed by atoms with Crippen molar-refractivity contribution in [2.75, 3.05) is 25.0 Å². The maximum absolute atomic E-state index is 12.7. The van der Waals surface area contributed by atoms with Crippen LogP contribution in [0.2, 0.25) is 0 Å². The maximum atomic E-state index is 12.7. The van der Waals surface area contributed by atoms with E-state index in [1.807, 2.05) is 13.1 Å². The zero-order valence-electron chi connectivity index (χ0n) is 17.2. The first-order valence-corrected chi connectivity index (χ1v) is 11.0. The molecule has 4 atom stereocenters. The second-order valence-corrected chi connectivity index (χ2v) is 9.87. The Morgan fingerprint density at radius 1 is 1.31 bits per heavy atom. The smallest absolute Gasteiger partial charge is 0.371 e. The van der Waals surface area contributed by atoms with E-state index in [1.54, 1.807) is 12.1 Å². The molecule has 162 valence electrons. The van der Waals surface area contributed by atoms with Gasteiger partial charge in [0, 0.05) is 29.7 Å². The van der Waals surface area contributed by atoms with Gasteiger partial charge >= 0.3 is 5.51 Å². The van der Waals surface area contributed by atoms with Crippen molar-refractivity contribution < 1.29 is 18.0 Å². The second-order valence-electron chi connectivity index (χ2n) is 8.73. The second kappa shape index (κ2) is 8.76. The molecule has 0 spiro atoms. The third kappa shape index (κ3) is 5.40. The van der Waals surface area contributed by atoms with E-state index in [0.29, 0.717) is 17.8 Å². The van der Waals surface area contributed by atoms with Crippen LogP contribution in [-0.4, -0.2) is 48.5 Å². The van der Waals surface area contributed by atoms with Crippen molar-refractivity contribution in [3.8, 4) is 0 Å². The number of anilines is 1. The molecule has 4 nitrogen and oxygen atoms in total. The number of hydrogen-bond donors (Lipinski definition) is 1. The van der Waals surface area contributed by atoms with Crippen LogP contribution >= 0.6 is 11.8 Å².